The first-order valence-electron chi connectivity index (χ1n) is 6.46. The number of nitrogens with one attached hydrogen (secondary N) is 1. The number of carbonyl (C=O) groups is 1. The fourth-order valence-corrected chi connectivity index (χ4v) is 2.51. The van der Waals surface area contributed by atoms with Gasteiger partial charge >= 0.3 is 0 Å². The SMILES string of the molecule is CCOC(C)C(=O)NC1CCOc2ccc(Br)cc21. The van der Waals surface area contributed by atoms with E-state index in [0.29, 0.717) is 13.2 Å². The summed E-state index contributed by atoms with van der Waals surface area (Å²) < 4.78 is 11.9. The molecule has 2 unspecified atom stereocenters. The number of benzene rings is 1. The number of fused-ring (bicyclic) bond motifs is 1. The topological polar surface area (TPSA) is 47.6 Å². The highest BCUT2D eigenvalue weighted by molar-refractivity contribution is 9.10. The molecule has 19 heavy (non-hydrogen) atoms. The number of amides is 1. The summed E-state index contributed by atoms with van der Waals surface area (Å²) in [5.74, 6) is 0.753. The molecule has 4 nitrogen and oxygen atoms in total. The molecule has 1 amide bonds. The predicted molar refractivity (Wildman–Crippen MR) is 76.2 cm³/mol. The van der Waals surface area contributed by atoms with Crippen LogP contribution in [-0.4, -0.2) is 25.2 Å². The summed E-state index contributed by atoms with van der Waals surface area (Å²) in [6.07, 6.45) is 0.345. The monoisotopic (exact) mass is 327 g/mol. The molecule has 0 radical (unpaired) electrons. The van der Waals surface area contributed by atoms with Gasteiger partial charge in [0.05, 0.1) is 12.6 Å². The Morgan fingerprint density at radius 2 is 2.42 bits per heavy atom. The molecule has 1 aromatic carbocycles. The minimum absolute atomic E-state index is 0.0170. The van der Waals surface area contributed by atoms with Gasteiger partial charge < -0.3 is 14.8 Å². The third-order valence-electron chi connectivity index (χ3n) is 3.11. The number of carbonyl (C=O) groups excluding carboxylic acids is 1. The standard InChI is InChI=1S/C14H18BrNO3/c1-3-18-9(2)14(17)16-12-6-7-19-13-5-4-10(15)8-11(12)13/h4-5,8-9,12H,3,6-7H2,1-2H3,(H,16,17). The molecule has 5 heteroatoms. The summed E-state index contributed by atoms with van der Waals surface area (Å²) in [5.41, 5.74) is 1.01. The van der Waals surface area contributed by atoms with E-state index >= 15 is 0 Å². The summed E-state index contributed by atoms with van der Waals surface area (Å²) in [6, 6.07) is 5.83. The van der Waals surface area contributed by atoms with Crippen LogP contribution >= 0.6 is 15.9 Å². The van der Waals surface area contributed by atoms with Gasteiger partial charge in [0.15, 0.2) is 0 Å². The van der Waals surface area contributed by atoms with Crippen molar-refractivity contribution in [2.24, 2.45) is 0 Å². The molecule has 1 aliphatic heterocycles. The van der Waals surface area contributed by atoms with Crippen LogP contribution in [0, 0.1) is 0 Å². The smallest absolute Gasteiger partial charge is 0.249 e. The molecule has 0 saturated carbocycles. The van der Waals surface area contributed by atoms with Crippen LogP contribution in [0.15, 0.2) is 22.7 Å². The van der Waals surface area contributed by atoms with Crippen LogP contribution in [0.2, 0.25) is 0 Å². The molecular formula is C14H18BrNO3. The molecule has 0 saturated heterocycles. The average molecular weight is 328 g/mol. The van der Waals surface area contributed by atoms with E-state index in [0.717, 1.165) is 22.2 Å². The summed E-state index contributed by atoms with van der Waals surface area (Å²) in [4.78, 5) is 12.0. The number of hydrogen-bond acceptors (Lipinski definition) is 3. The maximum atomic E-state index is 12.0. The van der Waals surface area contributed by atoms with Crippen LogP contribution in [0.25, 0.3) is 0 Å². The Morgan fingerprint density at radius 1 is 1.63 bits per heavy atom. The van der Waals surface area contributed by atoms with E-state index in [1.165, 1.54) is 0 Å². The van der Waals surface area contributed by atoms with E-state index in [2.05, 4.69) is 21.2 Å². The molecule has 2 rings (SSSR count). The van der Waals surface area contributed by atoms with Crippen molar-refractivity contribution < 1.29 is 14.3 Å². The Balaban J connectivity index is 2.11. The molecule has 1 aliphatic rings. The van der Waals surface area contributed by atoms with Crippen LogP contribution < -0.4 is 10.1 Å². The zero-order valence-corrected chi connectivity index (χ0v) is 12.7. The maximum absolute atomic E-state index is 12.0. The number of rotatable bonds is 4. The predicted octanol–water partition coefficient (Wildman–Crippen LogP) is 2.81. The Bertz CT molecular complexity index is 464. The van der Waals surface area contributed by atoms with Crippen LogP contribution in [-0.2, 0) is 9.53 Å². The molecule has 0 aromatic heterocycles. The van der Waals surface area contributed by atoms with Crippen molar-refractivity contribution in [1.29, 1.82) is 0 Å². The highest BCUT2D eigenvalue weighted by Gasteiger charge is 2.25. The minimum Gasteiger partial charge on any atom is -0.493 e. The van der Waals surface area contributed by atoms with E-state index < -0.39 is 6.10 Å². The van der Waals surface area contributed by atoms with Gasteiger partial charge in [0.2, 0.25) is 5.91 Å². The molecule has 104 valence electrons. The Morgan fingerprint density at radius 3 is 3.16 bits per heavy atom. The van der Waals surface area contributed by atoms with Crippen molar-refractivity contribution in [3.63, 3.8) is 0 Å². The Labute approximate surface area is 121 Å². The first-order chi connectivity index (χ1) is 9.11. The van der Waals surface area contributed by atoms with Crippen molar-refractivity contribution in [3.05, 3.63) is 28.2 Å². The van der Waals surface area contributed by atoms with Gasteiger partial charge in [-0.1, -0.05) is 15.9 Å². The van der Waals surface area contributed by atoms with Crippen molar-refractivity contribution in [3.8, 4) is 5.75 Å². The van der Waals surface area contributed by atoms with Gasteiger partial charge in [-0.05, 0) is 32.0 Å². The van der Waals surface area contributed by atoms with Gasteiger partial charge in [-0.15, -0.1) is 0 Å². The summed E-state index contributed by atoms with van der Waals surface area (Å²) in [7, 11) is 0. The van der Waals surface area contributed by atoms with Gasteiger partial charge in [0, 0.05) is 23.1 Å². The molecule has 0 fully saturated rings. The average Bonchev–Trinajstić information content (AvgIpc) is 2.39. The van der Waals surface area contributed by atoms with Crippen molar-refractivity contribution in [2.45, 2.75) is 32.4 Å². The normalized spacial score (nSPS) is 19.2. The van der Waals surface area contributed by atoms with Gasteiger partial charge in [0.1, 0.15) is 11.9 Å². The fraction of sp³-hybridized carbons (Fsp3) is 0.500. The van der Waals surface area contributed by atoms with Crippen LogP contribution in [0.1, 0.15) is 31.9 Å². The van der Waals surface area contributed by atoms with E-state index in [4.69, 9.17) is 9.47 Å². The zero-order valence-electron chi connectivity index (χ0n) is 11.1. The van der Waals surface area contributed by atoms with E-state index in [1.54, 1.807) is 6.92 Å². The lowest BCUT2D eigenvalue weighted by molar-refractivity contribution is -0.132. The molecule has 0 bridgehead atoms. The molecular weight excluding hydrogens is 310 g/mol. The van der Waals surface area contributed by atoms with Crippen molar-refractivity contribution >= 4 is 21.8 Å². The zero-order chi connectivity index (χ0) is 13.8. The molecule has 1 heterocycles. The summed E-state index contributed by atoms with van der Waals surface area (Å²) in [6.45, 7) is 4.79. The van der Waals surface area contributed by atoms with Crippen molar-refractivity contribution in [1.82, 2.24) is 5.32 Å². The van der Waals surface area contributed by atoms with Gasteiger partial charge in [-0.2, -0.15) is 0 Å². The van der Waals surface area contributed by atoms with Gasteiger partial charge in [-0.25, -0.2) is 0 Å². The molecule has 1 N–H and O–H groups in total. The van der Waals surface area contributed by atoms with E-state index in [1.807, 2.05) is 25.1 Å². The lowest BCUT2D eigenvalue weighted by Gasteiger charge is -2.27. The summed E-state index contributed by atoms with van der Waals surface area (Å²) >= 11 is 3.44. The number of ether oxygens (including phenoxy) is 2. The van der Waals surface area contributed by atoms with E-state index in [9.17, 15) is 4.79 Å². The molecule has 2 atom stereocenters. The maximum Gasteiger partial charge on any atom is 0.249 e. The van der Waals surface area contributed by atoms with Gasteiger partial charge in [-0.3, -0.25) is 4.79 Å². The van der Waals surface area contributed by atoms with Crippen LogP contribution in [0.4, 0.5) is 0 Å². The second kappa shape index (κ2) is 6.39. The second-order valence-corrected chi connectivity index (χ2v) is 5.39. The molecule has 0 spiro atoms. The van der Waals surface area contributed by atoms with Crippen LogP contribution in [0.5, 0.6) is 5.75 Å². The molecule has 0 aliphatic carbocycles. The van der Waals surface area contributed by atoms with Crippen LogP contribution in [0.3, 0.4) is 0 Å². The second-order valence-electron chi connectivity index (χ2n) is 4.48. The Hall–Kier alpha value is -1.07. The lowest BCUT2D eigenvalue weighted by Crippen LogP contribution is -2.38. The first kappa shape index (κ1) is 14.3. The Kier molecular flexibility index (Phi) is 4.82. The third-order valence-corrected chi connectivity index (χ3v) is 3.61. The quantitative estimate of drug-likeness (QED) is 0.925. The van der Waals surface area contributed by atoms with Crippen molar-refractivity contribution in [2.75, 3.05) is 13.2 Å². The largest absolute Gasteiger partial charge is 0.493 e. The first-order valence-corrected chi connectivity index (χ1v) is 7.25. The number of halogens is 1. The highest BCUT2D eigenvalue weighted by Crippen LogP contribution is 2.34. The third kappa shape index (κ3) is 3.48. The fourth-order valence-electron chi connectivity index (χ4n) is 2.13. The lowest BCUT2D eigenvalue weighted by atomic mass is 10.0. The summed E-state index contributed by atoms with van der Waals surface area (Å²) in [5, 5.41) is 3.02. The molecule has 1 aromatic rings. The van der Waals surface area contributed by atoms with Gasteiger partial charge in [0.25, 0.3) is 0 Å². The minimum atomic E-state index is -0.427. The van der Waals surface area contributed by atoms with E-state index in [-0.39, 0.29) is 11.9 Å². The number of hydrogen-bond donors (Lipinski definition) is 1. The highest BCUT2D eigenvalue weighted by atomic mass is 79.9.